The summed E-state index contributed by atoms with van der Waals surface area (Å²) >= 11 is 3.14. The van der Waals surface area contributed by atoms with Crippen LogP contribution in [0.3, 0.4) is 0 Å². The third-order valence-electron chi connectivity index (χ3n) is 6.56. The molecular formula is C31H31IN2O11S. The number of carbonyl (C=O) groups excluding carboxylic acids is 2. The molecule has 0 bridgehead atoms. The number of halogens is 1. The largest absolute Gasteiger partial charge is 0.493 e. The van der Waals surface area contributed by atoms with Crippen molar-refractivity contribution in [3.05, 3.63) is 76.0 Å². The van der Waals surface area contributed by atoms with E-state index in [2.05, 4.69) is 9.73 Å². The highest BCUT2D eigenvalue weighted by atomic mass is 127. The Labute approximate surface area is 280 Å². The predicted octanol–water partition coefficient (Wildman–Crippen LogP) is 2.83. The van der Waals surface area contributed by atoms with E-state index in [0.717, 1.165) is 11.3 Å². The first kappa shape index (κ1) is 34.5. The molecule has 2 aromatic carbocycles. The number of hydrogen-bond donors (Lipinski definition) is 1. The molecule has 0 amide bonds. The van der Waals surface area contributed by atoms with Gasteiger partial charge < -0.3 is 33.5 Å². The van der Waals surface area contributed by atoms with Crippen LogP contribution >= 0.6 is 33.9 Å². The zero-order chi connectivity index (χ0) is 33.5. The normalized spacial score (nSPS) is 14.2. The molecule has 1 N–H and O–H groups in total. The van der Waals surface area contributed by atoms with Gasteiger partial charge in [0.2, 0.25) is 0 Å². The van der Waals surface area contributed by atoms with Crippen molar-refractivity contribution < 1.29 is 47.9 Å². The molecule has 0 radical (unpaired) electrons. The number of esters is 2. The monoisotopic (exact) mass is 766 g/mol. The highest BCUT2D eigenvalue weighted by Crippen LogP contribution is 2.37. The van der Waals surface area contributed by atoms with E-state index in [1.165, 1.54) is 18.8 Å². The Morgan fingerprint density at radius 1 is 1.02 bits per heavy atom. The number of carboxylic acid groups (broad SMARTS) is 1. The molecule has 0 aliphatic carbocycles. The second kappa shape index (κ2) is 15.3. The molecule has 0 fully saturated rings. The first-order chi connectivity index (χ1) is 22.0. The van der Waals surface area contributed by atoms with Gasteiger partial charge in [0, 0.05) is 0 Å². The molecule has 2 heterocycles. The minimum Gasteiger partial charge on any atom is -0.493 e. The number of ether oxygens (including phenoxy) is 6. The fourth-order valence-electron chi connectivity index (χ4n) is 4.63. The number of carboxylic acids is 1. The SMILES string of the molecule is CCOC(=O)C1=C(C)N=c2s/c(=C\c3cc(I)c(OCC(=O)O)c(OC)c3)c(=O)n2[C@H]1c1ccc(OCC(=O)OC)c(OCC)c1. The molecule has 244 valence electrons. The van der Waals surface area contributed by atoms with Crippen molar-refractivity contribution in [3.63, 3.8) is 0 Å². The summed E-state index contributed by atoms with van der Waals surface area (Å²) in [5, 5.41) is 9.02. The van der Waals surface area contributed by atoms with Gasteiger partial charge in [-0.3, -0.25) is 9.36 Å². The molecule has 4 rings (SSSR count). The summed E-state index contributed by atoms with van der Waals surface area (Å²) in [5.74, 6) is -1.19. The number of allylic oxidation sites excluding steroid dienone is 1. The van der Waals surface area contributed by atoms with Gasteiger partial charge in [-0.25, -0.2) is 19.4 Å². The van der Waals surface area contributed by atoms with E-state index >= 15 is 0 Å². The second-order valence-electron chi connectivity index (χ2n) is 9.52. The summed E-state index contributed by atoms with van der Waals surface area (Å²) in [5.41, 5.74) is 1.28. The minimum absolute atomic E-state index is 0.115. The Bertz CT molecular complexity index is 1880. The zero-order valence-corrected chi connectivity index (χ0v) is 28.6. The Morgan fingerprint density at radius 3 is 2.43 bits per heavy atom. The summed E-state index contributed by atoms with van der Waals surface area (Å²) in [6.07, 6.45) is 1.66. The number of thiazole rings is 1. The van der Waals surface area contributed by atoms with E-state index < -0.39 is 36.1 Å². The van der Waals surface area contributed by atoms with Crippen LogP contribution in [0.4, 0.5) is 0 Å². The lowest BCUT2D eigenvalue weighted by molar-refractivity contribution is -0.143. The van der Waals surface area contributed by atoms with Crippen molar-refractivity contribution in [3.8, 4) is 23.0 Å². The van der Waals surface area contributed by atoms with Crippen molar-refractivity contribution in [1.82, 2.24) is 4.57 Å². The highest BCUT2D eigenvalue weighted by molar-refractivity contribution is 14.1. The van der Waals surface area contributed by atoms with E-state index in [9.17, 15) is 19.2 Å². The fourth-order valence-corrected chi connectivity index (χ4v) is 6.46. The van der Waals surface area contributed by atoms with Crippen LogP contribution in [0.2, 0.25) is 0 Å². The molecule has 1 aliphatic heterocycles. The summed E-state index contributed by atoms with van der Waals surface area (Å²) in [6, 6.07) is 7.36. The lowest BCUT2D eigenvalue weighted by Crippen LogP contribution is -2.40. The van der Waals surface area contributed by atoms with Crippen LogP contribution in [0.5, 0.6) is 23.0 Å². The summed E-state index contributed by atoms with van der Waals surface area (Å²) < 4.78 is 34.6. The van der Waals surface area contributed by atoms with E-state index in [1.54, 1.807) is 57.2 Å². The number of hydrogen-bond acceptors (Lipinski definition) is 12. The lowest BCUT2D eigenvalue weighted by atomic mass is 9.95. The summed E-state index contributed by atoms with van der Waals surface area (Å²) in [4.78, 5) is 55.1. The Hall–Kier alpha value is -4.38. The van der Waals surface area contributed by atoms with E-state index in [-0.39, 0.29) is 36.9 Å². The Kier molecular flexibility index (Phi) is 11.4. The third-order valence-corrected chi connectivity index (χ3v) is 8.35. The fraction of sp³-hybridized carbons (Fsp3) is 0.323. The first-order valence-electron chi connectivity index (χ1n) is 13.9. The van der Waals surface area contributed by atoms with Gasteiger partial charge in [0.25, 0.3) is 5.56 Å². The summed E-state index contributed by atoms with van der Waals surface area (Å²) in [6.45, 7) is 4.66. The second-order valence-corrected chi connectivity index (χ2v) is 11.7. The van der Waals surface area contributed by atoms with Crippen LogP contribution in [0.1, 0.15) is 37.9 Å². The quantitative estimate of drug-likeness (QED) is 0.201. The van der Waals surface area contributed by atoms with E-state index in [0.29, 0.717) is 41.2 Å². The van der Waals surface area contributed by atoms with Crippen molar-refractivity contribution in [2.45, 2.75) is 26.8 Å². The average molecular weight is 767 g/mol. The standard InChI is InChI=1S/C31H31IN2O11S/c1-6-42-21-13-18(8-9-20(21)44-15-25(37)41-5)27-26(30(39)43-7-2)16(3)33-31-34(27)29(38)23(46-31)12-17-10-19(32)28(22(11-17)40-4)45-14-24(35)36/h8-13,27H,6-7,14-15H2,1-5H3,(H,35,36)/b23-12-/t27-/m0/s1. The van der Waals surface area contributed by atoms with Gasteiger partial charge in [-0.15, -0.1) is 0 Å². The van der Waals surface area contributed by atoms with Gasteiger partial charge in [0.1, 0.15) is 0 Å². The van der Waals surface area contributed by atoms with Crippen molar-refractivity contribution in [2.24, 2.45) is 4.99 Å². The van der Waals surface area contributed by atoms with Gasteiger partial charge in [-0.05, 0) is 84.8 Å². The van der Waals surface area contributed by atoms with Crippen LogP contribution in [-0.2, 0) is 23.9 Å². The van der Waals surface area contributed by atoms with Crippen molar-refractivity contribution in [1.29, 1.82) is 0 Å². The van der Waals surface area contributed by atoms with E-state index in [1.807, 2.05) is 22.6 Å². The molecule has 0 saturated heterocycles. The number of nitrogens with zero attached hydrogens (tertiary/aromatic N) is 2. The van der Waals surface area contributed by atoms with Gasteiger partial charge >= 0.3 is 17.9 Å². The molecule has 0 saturated carbocycles. The number of rotatable bonds is 13. The molecule has 1 aromatic heterocycles. The first-order valence-corrected chi connectivity index (χ1v) is 15.8. The van der Waals surface area contributed by atoms with Gasteiger partial charge in [-0.2, -0.15) is 0 Å². The maximum atomic E-state index is 14.1. The number of aromatic nitrogens is 1. The van der Waals surface area contributed by atoms with Crippen molar-refractivity contribution >= 4 is 57.9 Å². The Morgan fingerprint density at radius 2 is 1.78 bits per heavy atom. The molecule has 0 spiro atoms. The number of carbonyl (C=O) groups is 3. The number of aliphatic carboxylic acids is 1. The van der Waals surface area contributed by atoms with Crippen LogP contribution < -0.4 is 33.8 Å². The van der Waals surface area contributed by atoms with Gasteiger partial charge in [0.15, 0.2) is 41.0 Å². The number of methoxy groups -OCH3 is 2. The van der Waals surface area contributed by atoms with Crippen LogP contribution in [0.15, 0.2) is 51.4 Å². The summed E-state index contributed by atoms with van der Waals surface area (Å²) in [7, 11) is 2.68. The van der Waals surface area contributed by atoms with Gasteiger partial charge in [-0.1, -0.05) is 17.4 Å². The minimum atomic E-state index is -1.13. The molecule has 46 heavy (non-hydrogen) atoms. The molecule has 0 unspecified atom stereocenters. The molecule has 3 aromatic rings. The predicted molar refractivity (Wildman–Crippen MR) is 174 cm³/mol. The van der Waals surface area contributed by atoms with Crippen LogP contribution in [0.25, 0.3) is 6.08 Å². The topological polar surface area (TPSA) is 161 Å². The molecule has 1 aliphatic rings. The highest BCUT2D eigenvalue weighted by Gasteiger charge is 2.34. The maximum absolute atomic E-state index is 14.1. The molecule has 15 heteroatoms. The zero-order valence-electron chi connectivity index (χ0n) is 25.6. The Balaban J connectivity index is 1.88. The molecular weight excluding hydrogens is 735 g/mol. The smallest absolute Gasteiger partial charge is 0.343 e. The van der Waals surface area contributed by atoms with Crippen LogP contribution in [0, 0.1) is 3.57 Å². The van der Waals surface area contributed by atoms with E-state index in [4.69, 9.17) is 28.8 Å². The van der Waals surface area contributed by atoms with Crippen LogP contribution in [-0.4, -0.2) is 68.2 Å². The number of fused-ring (bicyclic) bond motifs is 1. The molecule has 13 nitrogen and oxygen atoms in total. The third kappa shape index (κ3) is 7.52. The molecule has 1 atom stereocenters. The lowest BCUT2D eigenvalue weighted by Gasteiger charge is -2.25. The van der Waals surface area contributed by atoms with Crippen molar-refractivity contribution in [2.75, 3.05) is 40.6 Å². The number of benzene rings is 2. The maximum Gasteiger partial charge on any atom is 0.343 e. The average Bonchev–Trinajstić information content (AvgIpc) is 3.32. The van der Waals surface area contributed by atoms with Gasteiger partial charge in [0.05, 0.1) is 52.8 Å².